The molecule has 2 heterocycles. The zero-order valence-electron chi connectivity index (χ0n) is 10.1. The summed E-state index contributed by atoms with van der Waals surface area (Å²) in [5.41, 5.74) is 0. The van der Waals surface area contributed by atoms with E-state index in [0.717, 1.165) is 0 Å². The lowest BCUT2D eigenvalue weighted by Crippen LogP contribution is -2.15. The topological polar surface area (TPSA) is 97.1 Å². The van der Waals surface area contributed by atoms with Crippen molar-refractivity contribution in [3.05, 3.63) is 28.6 Å². The standard InChI is InChI=1S/C10H11BrN4O3S/c1-6-3-9(14-18-6)15-19(16,17)8-4-7(11)5-13-10(8)12-2/h3-5H,1-2H3,(H,12,13)(H,14,15). The van der Waals surface area contributed by atoms with Crippen LogP contribution >= 0.6 is 15.9 Å². The van der Waals surface area contributed by atoms with Crippen LogP contribution in [0.3, 0.4) is 0 Å². The zero-order chi connectivity index (χ0) is 14.0. The second-order valence-electron chi connectivity index (χ2n) is 3.68. The van der Waals surface area contributed by atoms with E-state index in [0.29, 0.717) is 10.2 Å². The van der Waals surface area contributed by atoms with Gasteiger partial charge in [0, 0.05) is 23.8 Å². The molecule has 0 amide bonds. The van der Waals surface area contributed by atoms with Gasteiger partial charge < -0.3 is 9.84 Å². The molecule has 0 aliphatic heterocycles. The lowest BCUT2D eigenvalue weighted by molar-refractivity contribution is 0.400. The fraction of sp³-hybridized carbons (Fsp3) is 0.200. The second-order valence-corrected chi connectivity index (χ2v) is 6.25. The maximum Gasteiger partial charge on any atom is 0.266 e. The molecule has 2 N–H and O–H groups in total. The number of halogens is 1. The second kappa shape index (κ2) is 5.17. The molecule has 0 saturated heterocycles. The van der Waals surface area contributed by atoms with Gasteiger partial charge >= 0.3 is 0 Å². The molecule has 0 unspecified atom stereocenters. The Morgan fingerprint density at radius 1 is 1.37 bits per heavy atom. The maximum atomic E-state index is 12.2. The third kappa shape index (κ3) is 3.04. The van der Waals surface area contributed by atoms with Gasteiger partial charge in [0.1, 0.15) is 16.5 Å². The van der Waals surface area contributed by atoms with Crippen LogP contribution in [0.4, 0.5) is 11.6 Å². The first-order valence-corrected chi connectivity index (χ1v) is 7.49. The van der Waals surface area contributed by atoms with Gasteiger partial charge in [-0.3, -0.25) is 4.72 Å². The summed E-state index contributed by atoms with van der Waals surface area (Å²) in [5.74, 6) is 0.884. The number of aromatic nitrogens is 2. The first-order valence-electron chi connectivity index (χ1n) is 5.22. The van der Waals surface area contributed by atoms with Crippen molar-refractivity contribution >= 4 is 37.6 Å². The van der Waals surface area contributed by atoms with E-state index in [4.69, 9.17) is 4.52 Å². The number of pyridine rings is 1. The van der Waals surface area contributed by atoms with Crippen LogP contribution in [0.2, 0.25) is 0 Å². The molecule has 2 aromatic heterocycles. The van der Waals surface area contributed by atoms with E-state index in [9.17, 15) is 8.42 Å². The van der Waals surface area contributed by atoms with E-state index >= 15 is 0 Å². The van der Waals surface area contributed by atoms with Crippen molar-refractivity contribution in [1.29, 1.82) is 0 Å². The van der Waals surface area contributed by atoms with Gasteiger partial charge in [-0.25, -0.2) is 13.4 Å². The van der Waals surface area contributed by atoms with Gasteiger partial charge in [-0.15, -0.1) is 0 Å². The summed E-state index contributed by atoms with van der Waals surface area (Å²) < 4.78 is 32.2. The summed E-state index contributed by atoms with van der Waals surface area (Å²) in [6.07, 6.45) is 1.51. The predicted molar refractivity (Wildman–Crippen MR) is 73.5 cm³/mol. The van der Waals surface area contributed by atoms with Gasteiger partial charge in [-0.1, -0.05) is 5.16 Å². The van der Waals surface area contributed by atoms with Crippen molar-refractivity contribution in [3.8, 4) is 0 Å². The molecule has 0 aromatic carbocycles. The van der Waals surface area contributed by atoms with Gasteiger partial charge in [0.15, 0.2) is 5.82 Å². The molecular formula is C10H11BrN4O3S. The van der Waals surface area contributed by atoms with E-state index in [2.05, 4.69) is 36.1 Å². The highest BCUT2D eigenvalue weighted by Crippen LogP contribution is 2.24. The molecule has 0 aliphatic rings. The smallest absolute Gasteiger partial charge is 0.266 e. The van der Waals surface area contributed by atoms with Gasteiger partial charge in [-0.05, 0) is 28.9 Å². The number of hydrogen-bond acceptors (Lipinski definition) is 6. The first kappa shape index (κ1) is 13.8. The van der Waals surface area contributed by atoms with Gasteiger partial charge in [0.05, 0.1) is 0 Å². The molecule has 0 saturated carbocycles. The average molecular weight is 347 g/mol. The lowest BCUT2D eigenvalue weighted by Gasteiger charge is -2.09. The molecule has 0 atom stereocenters. The Balaban J connectivity index is 2.41. The SMILES string of the molecule is CNc1ncc(Br)cc1S(=O)(=O)Nc1cc(C)on1. The summed E-state index contributed by atoms with van der Waals surface area (Å²) in [6.45, 7) is 1.67. The van der Waals surface area contributed by atoms with Crippen LogP contribution in [0.25, 0.3) is 0 Å². The van der Waals surface area contributed by atoms with Gasteiger partial charge in [-0.2, -0.15) is 0 Å². The molecule has 0 aliphatic carbocycles. The Hall–Kier alpha value is -1.61. The van der Waals surface area contributed by atoms with E-state index in [1.165, 1.54) is 18.3 Å². The number of sulfonamides is 1. The average Bonchev–Trinajstić information content (AvgIpc) is 2.74. The van der Waals surface area contributed by atoms with E-state index < -0.39 is 10.0 Å². The molecular weight excluding hydrogens is 336 g/mol. The number of nitrogens with one attached hydrogen (secondary N) is 2. The first-order chi connectivity index (χ1) is 8.92. The molecule has 0 spiro atoms. The van der Waals surface area contributed by atoms with Crippen LogP contribution < -0.4 is 10.0 Å². The van der Waals surface area contributed by atoms with Crippen molar-refractivity contribution in [3.63, 3.8) is 0 Å². The molecule has 102 valence electrons. The quantitative estimate of drug-likeness (QED) is 0.878. The van der Waals surface area contributed by atoms with Crippen molar-refractivity contribution in [2.24, 2.45) is 0 Å². The number of hydrogen-bond donors (Lipinski definition) is 2. The van der Waals surface area contributed by atoms with Crippen molar-refractivity contribution in [2.75, 3.05) is 17.1 Å². The fourth-order valence-corrected chi connectivity index (χ4v) is 3.08. The van der Waals surface area contributed by atoms with E-state index in [-0.39, 0.29) is 16.5 Å². The summed E-state index contributed by atoms with van der Waals surface area (Å²) in [6, 6.07) is 2.94. The Bertz CT molecular complexity index is 699. The summed E-state index contributed by atoms with van der Waals surface area (Å²) in [4.78, 5) is 4.01. The summed E-state index contributed by atoms with van der Waals surface area (Å²) in [5, 5.41) is 6.31. The molecule has 2 rings (SSSR count). The third-order valence-corrected chi connectivity index (χ3v) is 4.01. The van der Waals surface area contributed by atoms with Crippen LogP contribution in [-0.2, 0) is 10.0 Å². The molecule has 0 fully saturated rings. The van der Waals surface area contributed by atoms with E-state index in [1.807, 2.05) is 0 Å². The highest BCUT2D eigenvalue weighted by Gasteiger charge is 2.21. The molecule has 2 aromatic rings. The Kier molecular flexibility index (Phi) is 3.76. The van der Waals surface area contributed by atoms with Crippen molar-refractivity contribution in [1.82, 2.24) is 10.1 Å². The lowest BCUT2D eigenvalue weighted by atomic mass is 10.4. The van der Waals surface area contributed by atoms with Crippen LogP contribution in [-0.4, -0.2) is 25.6 Å². The number of anilines is 2. The van der Waals surface area contributed by atoms with Crippen molar-refractivity contribution < 1.29 is 12.9 Å². The molecule has 19 heavy (non-hydrogen) atoms. The molecule has 7 nitrogen and oxygen atoms in total. The number of rotatable bonds is 4. The summed E-state index contributed by atoms with van der Waals surface area (Å²) in [7, 11) is -2.20. The van der Waals surface area contributed by atoms with Crippen LogP contribution in [0.15, 0.2) is 32.2 Å². The Labute approximate surface area is 118 Å². The normalized spacial score (nSPS) is 11.3. The van der Waals surface area contributed by atoms with Crippen LogP contribution in [0.5, 0.6) is 0 Å². The summed E-state index contributed by atoms with van der Waals surface area (Å²) >= 11 is 3.19. The van der Waals surface area contributed by atoms with E-state index in [1.54, 1.807) is 14.0 Å². The number of nitrogens with zero attached hydrogens (tertiary/aromatic N) is 2. The molecule has 0 radical (unpaired) electrons. The number of aryl methyl sites for hydroxylation is 1. The monoisotopic (exact) mass is 346 g/mol. The maximum absolute atomic E-state index is 12.2. The zero-order valence-corrected chi connectivity index (χ0v) is 12.5. The highest BCUT2D eigenvalue weighted by molar-refractivity contribution is 9.10. The largest absolute Gasteiger partial charge is 0.372 e. The fourth-order valence-electron chi connectivity index (χ4n) is 1.42. The third-order valence-electron chi connectivity index (χ3n) is 2.21. The van der Waals surface area contributed by atoms with Gasteiger partial charge in [0.2, 0.25) is 0 Å². The minimum Gasteiger partial charge on any atom is -0.372 e. The van der Waals surface area contributed by atoms with Crippen LogP contribution in [0.1, 0.15) is 5.76 Å². The molecule has 0 bridgehead atoms. The van der Waals surface area contributed by atoms with Crippen molar-refractivity contribution in [2.45, 2.75) is 11.8 Å². The minimum absolute atomic E-state index is 0.0185. The predicted octanol–water partition coefficient (Wildman–Crippen LogP) is 1.98. The minimum atomic E-state index is -3.79. The molecule has 9 heteroatoms. The highest BCUT2D eigenvalue weighted by atomic mass is 79.9. The Morgan fingerprint density at radius 3 is 2.68 bits per heavy atom. The van der Waals surface area contributed by atoms with Gasteiger partial charge in [0.25, 0.3) is 10.0 Å². The van der Waals surface area contributed by atoms with Crippen LogP contribution in [0, 0.1) is 6.92 Å². The Morgan fingerprint density at radius 2 is 2.11 bits per heavy atom.